The maximum atomic E-state index is 10.6. The topological polar surface area (TPSA) is 47.6 Å². The van der Waals surface area contributed by atoms with Crippen molar-refractivity contribution in [3.63, 3.8) is 0 Å². The van der Waals surface area contributed by atoms with Crippen LogP contribution in [-0.2, 0) is 4.79 Å². The summed E-state index contributed by atoms with van der Waals surface area (Å²) < 4.78 is 0. The van der Waals surface area contributed by atoms with E-state index in [1.54, 1.807) is 23.4 Å². The standard InChI is InChI=1S/C6H10N4OS/c1-5(11)3-4-10-8-7-6(12)9(10)2/h3-4,8H,1-2H3,(H,7,12)/b4-3-. The van der Waals surface area contributed by atoms with Gasteiger partial charge in [0.25, 0.3) is 0 Å². The van der Waals surface area contributed by atoms with E-state index < -0.39 is 0 Å². The van der Waals surface area contributed by atoms with Crippen LogP contribution in [0.3, 0.4) is 0 Å². The number of carbonyl (C=O) groups excluding carboxylic acids is 1. The molecule has 0 aromatic carbocycles. The highest BCUT2D eigenvalue weighted by molar-refractivity contribution is 7.80. The first kappa shape index (κ1) is 8.95. The smallest absolute Gasteiger partial charge is 0.205 e. The summed E-state index contributed by atoms with van der Waals surface area (Å²) in [5.74, 6) is -0.0111. The molecule has 12 heavy (non-hydrogen) atoms. The van der Waals surface area contributed by atoms with E-state index in [2.05, 4.69) is 11.0 Å². The van der Waals surface area contributed by atoms with Crippen molar-refractivity contribution < 1.29 is 4.79 Å². The Balaban J connectivity index is 2.55. The van der Waals surface area contributed by atoms with E-state index in [0.717, 1.165) is 0 Å². The summed E-state index contributed by atoms with van der Waals surface area (Å²) in [5.41, 5.74) is 5.45. The highest BCUT2D eigenvalue weighted by atomic mass is 32.1. The van der Waals surface area contributed by atoms with E-state index in [0.29, 0.717) is 5.11 Å². The van der Waals surface area contributed by atoms with E-state index >= 15 is 0 Å². The zero-order valence-corrected chi connectivity index (χ0v) is 7.68. The zero-order chi connectivity index (χ0) is 9.14. The third-order valence-corrected chi connectivity index (χ3v) is 1.71. The normalized spacial score (nSPS) is 17.3. The van der Waals surface area contributed by atoms with Crippen LogP contribution in [0.25, 0.3) is 0 Å². The highest BCUT2D eigenvalue weighted by Crippen LogP contribution is 1.97. The van der Waals surface area contributed by atoms with E-state index in [1.807, 2.05) is 0 Å². The lowest BCUT2D eigenvalue weighted by Crippen LogP contribution is -2.36. The highest BCUT2D eigenvalue weighted by Gasteiger charge is 2.17. The molecule has 0 unspecified atom stereocenters. The SMILES string of the molecule is CC(=O)/C=C\N1NNC(=S)N1C. The molecule has 1 saturated heterocycles. The maximum absolute atomic E-state index is 10.6. The number of ketones is 1. The van der Waals surface area contributed by atoms with Crippen molar-refractivity contribution in [2.75, 3.05) is 7.05 Å². The summed E-state index contributed by atoms with van der Waals surface area (Å²) in [5, 5.41) is 3.79. The van der Waals surface area contributed by atoms with Crippen LogP contribution in [0.15, 0.2) is 12.3 Å². The van der Waals surface area contributed by atoms with Crippen LogP contribution in [0.2, 0.25) is 0 Å². The molecule has 0 atom stereocenters. The number of hydrazine groups is 3. The quantitative estimate of drug-likeness (QED) is 0.450. The fourth-order valence-corrected chi connectivity index (χ4v) is 0.805. The van der Waals surface area contributed by atoms with Gasteiger partial charge in [0.15, 0.2) is 5.78 Å². The van der Waals surface area contributed by atoms with Gasteiger partial charge in [-0.1, -0.05) is 0 Å². The third-order valence-electron chi connectivity index (χ3n) is 1.34. The van der Waals surface area contributed by atoms with Crippen molar-refractivity contribution in [3.05, 3.63) is 12.3 Å². The largest absolute Gasteiger partial charge is 0.295 e. The van der Waals surface area contributed by atoms with Crippen LogP contribution in [0.1, 0.15) is 6.92 Å². The van der Waals surface area contributed by atoms with Gasteiger partial charge in [-0.25, -0.2) is 10.1 Å². The monoisotopic (exact) mass is 186 g/mol. The fraction of sp³-hybridized carbons (Fsp3) is 0.333. The number of carbonyl (C=O) groups is 1. The lowest BCUT2D eigenvalue weighted by atomic mass is 10.4. The van der Waals surface area contributed by atoms with Crippen molar-refractivity contribution in [2.45, 2.75) is 6.92 Å². The summed E-state index contributed by atoms with van der Waals surface area (Å²) in [7, 11) is 1.78. The van der Waals surface area contributed by atoms with Gasteiger partial charge in [0.05, 0.1) is 0 Å². The van der Waals surface area contributed by atoms with Crippen LogP contribution in [0.5, 0.6) is 0 Å². The molecule has 6 heteroatoms. The van der Waals surface area contributed by atoms with Crippen LogP contribution in [-0.4, -0.2) is 28.1 Å². The number of hydrogen-bond donors (Lipinski definition) is 2. The molecule has 1 heterocycles. The predicted molar refractivity (Wildman–Crippen MR) is 48.3 cm³/mol. The summed E-state index contributed by atoms with van der Waals surface area (Å²) in [6.07, 6.45) is 3.04. The summed E-state index contributed by atoms with van der Waals surface area (Å²) in [6.45, 7) is 1.48. The Labute approximate surface area is 75.9 Å². The second-order valence-electron chi connectivity index (χ2n) is 2.34. The van der Waals surface area contributed by atoms with E-state index in [9.17, 15) is 4.79 Å². The van der Waals surface area contributed by atoms with E-state index in [1.165, 1.54) is 13.0 Å². The predicted octanol–water partition coefficient (Wildman–Crippen LogP) is -0.454. The number of rotatable bonds is 2. The first-order chi connectivity index (χ1) is 5.61. The summed E-state index contributed by atoms with van der Waals surface area (Å²) in [6, 6.07) is 0. The Morgan fingerprint density at radius 1 is 1.67 bits per heavy atom. The molecule has 2 N–H and O–H groups in total. The molecule has 1 aliphatic heterocycles. The number of nitrogens with one attached hydrogen (secondary N) is 2. The second kappa shape index (κ2) is 3.51. The first-order valence-electron chi connectivity index (χ1n) is 3.38. The minimum Gasteiger partial charge on any atom is -0.295 e. The molecule has 0 amide bonds. The number of hydrogen-bond acceptors (Lipinski definition) is 4. The second-order valence-corrected chi connectivity index (χ2v) is 2.72. The first-order valence-corrected chi connectivity index (χ1v) is 3.79. The van der Waals surface area contributed by atoms with Crippen LogP contribution < -0.4 is 11.0 Å². The molecule has 0 aromatic rings. The minimum atomic E-state index is -0.0111. The van der Waals surface area contributed by atoms with Crippen molar-refractivity contribution in [1.82, 2.24) is 21.1 Å². The molecule has 0 aromatic heterocycles. The molecule has 1 aliphatic rings. The molecule has 5 nitrogen and oxygen atoms in total. The molecule has 0 aliphatic carbocycles. The third kappa shape index (κ3) is 1.93. The minimum absolute atomic E-state index is 0.0111. The van der Waals surface area contributed by atoms with Crippen LogP contribution in [0.4, 0.5) is 0 Å². The van der Waals surface area contributed by atoms with Gasteiger partial charge in [0, 0.05) is 19.3 Å². The Hall–Kier alpha value is -1.14. The fourth-order valence-electron chi connectivity index (χ4n) is 0.672. The number of allylic oxidation sites excluding steroid dienone is 1. The van der Waals surface area contributed by atoms with Crippen molar-refractivity contribution in [2.24, 2.45) is 0 Å². The number of thiocarbonyl (C=S) groups is 1. The molecular formula is C6H10N4OS. The molecule has 1 rings (SSSR count). The maximum Gasteiger partial charge on any atom is 0.205 e. The zero-order valence-electron chi connectivity index (χ0n) is 6.87. The van der Waals surface area contributed by atoms with E-state index in [4.69, 9.17) is 12.2 Å². The Kier molecular flexibility index (Phi) is 2.61. The van der Waals surface area contributed by atoms with Crippen LogP contribution in [0, 0.1) is 0 Å². The number of nitrogens with zero attached hydrogens (tertiary/aromatic N) is 2. The van der Waals surface area contributed by atoms with Crippen molar-refractivity contribution in [3.8, 4) is 0 Å². The molecule has 0 spiro atoms. The molecular weight excluding hydrogens is 176 g/mol. The van der Waals surface area contributed by atoms with Gasteiger partial charge in [-0.3, -0.25) is 10.2 Å². The Morgan fingerprint density at radius 2 is 2.33 bits per heavy atom. The van der Waals surface area contributed by atoms with Crippen LogP contribution >= 0.6 is 12.2 Å². The molecule has 66 valence electrons. The Bertz CT molecular complexity index is 240. The molecule has 0 saturated carbocycles. The lowest BCUT2D eigenvalue weighted by molar-refractivity contribution is -0.112. The Morgan fingerprint density at radius 3 is 2.75 bits per heavy atom. The van der Waals surface area contributed by atoms with Gasteiger partial charge in [0.1, 0.15) is 0 Å². The molecule has 0 bridgehead atoms. The van der Waals surface area contributed by atoms with Gasteiger partial charge in [-0.05, 0) is 19.1 Å². The van der Waals surface area contributed by atoms with Gasteiger partial charge >= 0.3 is 0 Å². The van der Waals surface area contributed by atoms with Gasteiger partial charge in [-0.2, -0.15) is 0 Å². The average molecular weight is 186 g/mol. The average Bonchev–Trinajstić information content (AvgIpc) is 2.30. The van der Waals surface area contributed by atoms with E-state index in [-0.39, 0.29) is 5.78 Å². The molecule has 0 radical (unpaired) electrons. The molecule has 1 fully saturated rings. The summed E-state index contributed by atoms with van der Waals surface area (Å²) >= 11 is 4.89. The van der Waals surface area contributed by atoms with Gasteiger partial charge < -0.3 is 0 Å². The van der Waals surface area contributed by atoms with Gasteiger partial charge in [0.2, 0.25) is 5.11 Å². The van der Waals surface area contributed by atoms with Crippen molar-refractivity contribution in [1.29, 1.82) is 0 Å². The van der Waals surface area contributed by atoms with Crippen molar-refractivity contribution >= 4 is 23.1 Å². The summed E-state index contributed by atoms with van der Waals surface area (Å²) in [4.78, 5) is 10.6. The van der Waals surface area contributed by atoms with Gasteiger partial charge in [-0.15, -0.1) is 5.53 Å². The lowest BCUT2D eigenvalue weighted by Gasteiger charge is -2.19.